The number of ether oxygens (including phenoxy) is 4. The number of para-hydroxylation sites is 2. The van der Waals surface area contributed by atoms with Crippen molar-refractivity contribution in [1.29, 1.82) is 0 Å². The van der Waals surface area contributed by atoms with E-state index in [-0.39, 0.29) is 5.69 Å². The second-order valence-corrected chi connectivity index (χ2v) is 7.39. The summed E-state index contributed by atoms with van der Waals surface area (Å²) in [6, 6.07) is 9.80. The number of alkyl halides is 3. The lowest BCUT2D eigenvalue weighted by molar-refractivity contribution is -0.155. The molecule has 2 aromatic carbocycles. The van der Waals surface area contributed by atoms with Crippen LogP contribution in [0, 0.1) is 0 Å². The molecule has 184 valence electrons. The van der Waals surface area contributed by atoms with Gasteiger partial charge in [-0.25, -0.2) is 4.79 Å². The van der Waals surface area contributed by atoms with Gasteiger partial charge in [0.1, 0.15) is 0 Å². The highest BCUT2D eigenvalue weighted by atomic mass is 19.4. The zero-order valence-electron chi connectivity index (χ0n) is 18.7. The molecule has 1 fully saturated rings. The van der Waals surface area contributed by atoms with Gasteiger partial charge in [-0.05, 0) is 37.3 Å². The number of hydrogen-bond acceptors (Lipinski definition) is 7. The van der Waals surface area contributed by atoms with Gasteiger partial charge in [-0.15, -0.1) is 0 Å². The van der Waals surface area contributed by atoms with E-state index in [1.54, 1.807) is 24.3 Å². The quantitative estimate of drug-likeness (QED) is 0.577. The number of rotatable bonds is 8. The molecule has 34 heavy (non-hydrogen) atoms. The molecule has 0 aliphatic carbocycles. The van der Waals surface area contributed by atoms with Crippen molar-refractivity contribution in [1.82, 2.24) is 0 Å². The molecule has 8 nitrogen and oxygen atoms in total. The van der Waals surface area contributed by atoms with E-state index in [1.165, 1.54) is 20.1 Å². The normalized spacial score (nSPS) is 14.8. The number of amides is 1. The van der Waals surface area contributed by atoms with E-state index < -0.39 is 36.3 Å². The maximum absolute atomic E-state index is 13.3. The molecule has 2 aromatic rings. The van der Waals surface area contributed by atoms with Crippen LogP contribution < -0.4 is 19.7 Å². The summed E-state index contributed by atoms with van der Waals surface area (Å²) in [6.07, 6.45) is -5.86. The van der Waals surface area contributed by atoms with Crippen LogP contribution in [0.5, 0.6) is 11.5 Å². The van der Waals surface area contributed by atoms with E-state index in [0.717, 1.165) is 12.1 Å². The summed E-state index contributed by atoms with van der Waals surface area (Å²) < 4.78 is 60.6. The summed E-state index contributed by atoms with van der Waals surface area (Å²) in [6.45, 7) is 2.57. The van der Waals surface area contributed by atoms with E-state index >= 15 is 0 Å². The number of morpholine rings is 1. The molecule has 1 unspecified atom stereocenters. The SMILES string of the molecule is COc1ccccc1OCC(=O)OC(C)C(=O)Nc1cc(C(F)(F)F)ccc1N1CCOCC1. The van der Waals surface area contributed by atoms with Gasteiger partial charge in [0.15, 0.2) is 24.2 Å². The van der Waals surface area contributed by atoms with Gasteiger partial charge in [0.2, 0.25) is 0 Å². The third-order valence-electron chi connectivity index (χ3n) is 5.03. The standard InChI is InChI=1S/C23H25F3N2O6/c1-15(34-21(29)14-33-20-6-4-3-5-19(20)31-2)22(30)27-17-13-16(23(24,25)26)7-8-18(17)28-9-11-32-12-10-28/h3-8,13,15H,9-12,14H2,1-2H3,(H,27,30). The highest BCUT2D eigenvalue weighted by Crippen LogP contribution is 2.36. The first-order valence-electron chi connectivity index (χ1n) is 10.5. The van der Waals surface area contributed by atoms with Crippen LogP contribution in [0.4, 0.5) is 24.5 Å². The van der Waals surface area contributed by atoms with Crippen LogP contribution in [0.15, 0.2) is 42.5 Å². The highest BCUT2D eigenvalue weighted by Gasteiger charge is 2.32. The minimum absolute atomic E-state index is 0.0325. The number of esters is 1. The van der Waals surface area contributed by atoms with Crippen molar-refractivity contribution in [3.63, 3.8) is 0 Å². The Morgan fingerprint density at radius 3 is 2.44 bits per heavy atom. The van der Waals surface area contributed by atoms with Gasteiger partial charge in [-0.1, -0.05) is 12.1 Å². The van der Waals surface area contributed by atoms with Crippen molar-refractivity contribution in [2.75, 3.05) is 50.2 Å². The van der Waals surface area contributed by atoms with Gasteiger partial charge in [0, 0.05) is 13.1 Å². The van der Waals surface area contributed by atoms with E-state index in [1.807, 2.05) is 4.90 Å². The van der Waals surface area contributed by atoms with Crippen LogP contribution in [0.25, 0.3) is 0 Å². The lowest BCUT2D eigenvalue weighted by Gasteiger charge is -2.31. The summed E-state index contributed by atoms with van der Waals surface area (Å²) in [5, 5.41) is 2.46. The third kappa shape index (κ3) is 6.53. The summed E-state index contributed by atoms with van der Waals surface area (Å²) in [4.78, 5) is 26.6. The van der Waals surface area contributed by atoms with Gasteiger partial charge >= 0.3 is 12.1 Å². The first-order valence-corrected chi connectivity index (χ1v) is 10.5. The van der Waals surface area contributed by atoms with Gasteiger partial charge in [0.25, 0.3) is 5.91 Å². The molecule has 1 aliphatic rings. The Kier molecular flexibility index (Phi) is 8.21. The Hall–Kier alpha value is -3.47. The number of carbonyl (C=O) groups is 2. The monoisotopic (exact) mass is 482 g/mol. The minimum atomic E-state index is -4.59. The molecule has 0 aromatic heterocycles. The van der Waals surface area contributed by atoms with E-state index in [9.17, 15) is 22.8 Å². The number of hydrogen-bond donors (Lipinski definition) is 1. The average Bonchev–Trinajstić information content (AvgIpc) is 2.82. The largest absolute Gasteiger partial charge is 0.493 e. The lowest BCUT2D eigenvalue weighted by Crippen LogP contribution is -2.37. The van der Waals surface area contributed by atoms with Crippen LogP contribution in [0.2, 0.25) is 0 Å². The van der Waals surface area contributed by atoms with Crippen molar-refractivity contribution in [2.24, 2.45) is 0 Å². The van der Waals surface area contributed by atoms with E-state index in [0.29, 0.717) is 43.5 Å². The molecule has 0 radical (unpaired) electrons. The van der Waals surface area contributed by atoms with Crippen LogP contribution >= 0.6 is 0 Å². The topological polar surface area (TPSA) is 86.3 Å². The molecule has 1 aliphatic heterocycles. The van der Waals surface area contributed by atoms with Crippen LogP contribution in [-0.2, 0) is 25.2 Å². The number of anilines is 2. The Morgan fingerprint density at radius 2 is 1.79 bits per heavy atom. The molecule has 1 heterocycles. The molecular formula is C23H25F3N2O6. The summed E-state index contributed by atoms with van der Waals surface area (Å²) in [5.41, 5.74) is -0.521. The summed E-state index contributed by atoms with van der Waals surface area (Å²) in [5.74, 6) is -0.870. The van der Waals surface area contributed by atoms with Crippen LogP contribution in [-0.4, -0.2) is 58.0 Å². The van der Waals surface area contributed by atoms with Crippen molar-refractivity contribution in [2.45, 2.75) is 19.2 Å². The number of benzene rings is 2. The Labute approximate surface area is 194 Å². The zero-order valence-corrected chi connectivity index (χ0v) is 18.7. The predicted molar refractivity (Wildman–Crippen MR) is 117 cm³/mol. The molecule has 1 amide bonds. The average molecular weight is 482 g/mol. The molecule has 1 atom stereocenters. The molecule has 11 heteroatoms. The minimum Gasteiger partial charge on any atom is -0.493 e. The van der Waals surface area contributed by atoms with Crippen LogP contribution in [0.3, 0.4) is 0 Å². The van der Waals surface area contributed by atoms with Gasteiger partial charge in [-0.2, -0.15) is 13.2 Å². The molecule has 0 bridgehead atoms. The fourth-order valence-corrected chi connectivity index (χ4v) is 3.29. The fourth-order valence-electron chi connectivity index (χ4n) is 3.29. The highest BCUT2D eigenvalue weighted by molar-refractivity contribution is 5.98. The van der Waals surface area contributed by atoms with Crippen LogP contribution in [0.1, 0.15) is 12.5 Å². The van der Waals surface area contributed by atoms with Crippen molar-refractivity contribution >= 4 is 23.3 Å². The number of carbonyl (C=O) groups excluding carboxylic acids is 2. The first-order chi connectivity index (χ1) is 16.2. The predicted octanol–water partition coefficient (Wildman–Crippen LogP) is 3.50. The van der Waals surface area contributed by atoms with Crippen molar-refractivity contribution in [3.8, 4) is 11.5 Å². The molecule has 1 saturated heterocycles. The maximum atomic E-state index is 13.3. The molecule has 0 spiro atoms. The second-order valence-electron chi connectivity index (χ2n) is 7.39. The van der Waals surface area contributed by atoms with E-state index in [2.05, 4.69) is 5.32 Å². The number of nitrogens with zero attached hydrogens (tertiary/aromatic N) is 1. The van der Waals surface area contributed by atoms with Gasteiger partial charge in [0.05, 0.1) is 37.3 Å². The number of halogens is 3. The van der Waals surface area contributed by atoms with Crippen molar-refractivity contribution < 1.29 is 41.7 Å². The zero-order chi connectivity index (χ0) is 24.7. The maximum Gasteiger partial charge on any atom is 0.416 e. The van der Waals surface area contributed by atoms with E-state index in [4.69, 9.17) is 18.9 Å². The van der Waals surface area contributed by atoms with Gasteiger partial charge < -0.3 is 29.2 Å². The smallest absolute Gasteiger partial charge is 0.416 e. The number of methoxy groups -OCH3 is 1. The molecule has 3 rings (SSSR count). The molecular weight excluding hydrogens is 457 g/mol. The van der Waals surface area contributed by atoms with Gasteiger partial charge in [-0.3, -0.25) is 4.79 Å². The summed E-state index contributed by atoms with van der Waals surface area (Å²) >= 11 is 0. The lowest BCUT2D eigenvalue weighted by atomic mass is 10.1. The fraction of sp³-hybridized carbons (Fsp3) is 0.391. The summed E-state index contributed by atoms with van der Waals surface area (Å²) in [7, 11) is 1.45. The third-order valence-corrected chi connectivity index (χ3v) is 5.03. The Bertz CT molecular complexity index is 1010. The second kappa shape index (κ2) is 11.1. The number of nitrogens with one attached hydrogen (secondary N) is 1. The molecule has 1 N–H and O–H groups in total. The first kappa shape index (κ1) is 25.2. The Balaban J connectivity index is 1.66. The van der Waals surface area contributed by atoms with Crippen molar-refractivity contribution in [3.05, 3.63) is 48.0 Å². The molecule has 0 saturated carbocycles. The Morgan fingerprint density at radius 1 is 1.12 bits per heavy atom.